The summed E-state index contributed by atoms with van der Waals surface area (Å²) in [6.45, 7) is 0.386. The lowest BCUT2D eigenvalue weighted by molar-refractivity contribution is 0.0943. The fourth-order valence-corrected chi connectivity index (χ4v) is 2.32. The molecule has 0 fully saturated rings. The molecule has 3 aromatic rings. The third-order valence-electron chi connectivity index (χ3n) is 3.44. The monoisotopic (exact) mass is 283 g/mol. The van der Waals surface area contributed by atoms with Crippen molar-refractivity contribution in [3.05, 3.63) is 65.9 Å². The van der Waals surface area contributed by atoms with Gasteiger partial charge in [-0.15, -0.1) is 0 Å². The number of amides is 1. The molecule has 1 amide bonds. The number of nitrogens with one attached hydrogen (secondary N) is 1. The van der Waals surface area contributed by atoms with Crippen LogP contribution in [0.1, 0.15) is 16.1 Å². The Labute approximate surface area is 121 Å². The second-order valence-electron chi connectivity index (χ2n) is 4.81. The zero-order valence-electron chi connectivity index (χ0n) is 11.5. The summed E-state index contributed by atoms with van der Waals surface area (Å²) in [4.78, 5) is 16.2. The van der Waals surface area contributed by atoms with Crippen molar-refractivity contribution in [3.63, 3.8) is 0 Å². The molecule has 1 N–H and O–H groups in total. The van der Waals surface area contributed by atoms with E-state index in [0.717, 1.165) is 5.56 Å². The first kappa shape index (κ1) is 13.3. The number of hydrogen-bond donors (Lipinski definition) is 1. The topological polar surface area (TPSA) is 46.9 Å². The van der Waals surface area contributed by atoms with Gasteiger partial charge < -0.3 is 9.88 Å². The molecule has 2 heterocycles. The highest BCUT2D eigenvalue weighted by atomic mass is 19.1. The van der Waals surface area contributed by atoms with Crippen LogP contribution in [-0.4, -0.2) is 15.5 Å². The fraction of sp³-hybridized carbons (Fsp3) is 0.125. The number of hydrogen-bond acceptors (Lipinski definition) is 2. The van der Waals surface area contributed by atoms with Crippen LogP contribution in [0.15, 0.2) is 48.8 Å². The first-order valence-corrected chi connectivity index (χ1v) is 6.58. The SMILES string of the molecule is Cn1c(C(=O)NCc2cccnc2)cc2c(F)cccc21. The van der Waals surface area contributed by atoms with Gasteiger partial charge in [-0.3, -0.25) is 9.78 Å². The lowest BCUT2D eigenvalue weighted by Crippen LogP contribution is -2.24. The van der Waals surface area contributed by atoms with E-state index in [-0.39, 0.29) is 11.7 Å². The predicted octanol–water partition coefficient (Wildman–Crippen LogP) is 2.64. The average Bonchev–Trinajstić information content (AvgIpc) is 2.85. The molecule has 5 heteroatoms. The summed E-state index contributed by atoms with van der Waals surface area (Å²) in [6.07, 6.45) is 3.37. The van der Waals surface area contributed by atoms with E-state index in [9.17, 15) is 9.18 Å². The van der Waals surface area contributed by atoms with Crippen molar-refractivity contribution < 1.29 is 9.18 Å². The Hall–Kier alpha value is -2.69. The van der Waals surface area contributed by atoms with Crippen molar-refractivity contribution in [1.29, 1.82) is 0 Å². The van der Waals surface area contributed by atoms with Crippen LogP contribution in [-0.2, 0) is 13.6 Å². The number of nitrogens with zero attached hydrogens (tertiary/aromatic N) is 2. The van der Waals surface area contributed by atoms with Gasteiger partial charge in [0.1, 0.15) is 11.5 Å². The van der Waals surface area contributed by atoms with Crippen LogP contribution in [0.3, 0.4) is 0 Å². The molecule has 4 nitrogen and oxygen atoms in total. The number of benzene rings is 1. The van der Waals surface area contributed by atoms with Gasteiger partial charge in [0.25, 0.3) is 5.91 Å². The van der Waals surface area contributed by atoms with Gasteiger partial charge in [-0.05, 0) is 29.8 Å². The molecule has 0 aliphatic heterocycles. The van der Waals surface area contributed by atoms with E-state index >= 15 is 0 Å². The van der Waals surface area contributed by atoms with Crippen LogP contribution < -0.4 is 5.32 Å². The van der Waals surface area contributed by atoms with Gasteiger partial charge in [-0.2, -0.15) is 0 Å². The molecule has 0 saturated carbocycles. The van der Waals surface area contributed by atoms with Crippen molar-refractivity contribution in [2.45, 2.75) is 6.54 Å². The highest BCUT2D eigenvalue weighted by molar-refractivity contribution is 5.98. The first-order valence-electron chi connectivity index (χ1n) is 6.58. The maximum absolute atomic E-state index is 13.7. The van der Waals surface area contributed by atoms with E-state index in [4.69, 9.17) is 0 Å². The molecule has 0 unspecified atom stereocenters. The van der Waals surface area contributed by atoms with E-state index in [2.05, 4.69) is 10.3 Å². The van der Waals surface area contributed by atoms with Crippen molar-refractivity contribution in [1.82, 2.24) is 14.9 Å². The summed E-state index contributed by atoms with van der Waals surface area (Å²) in [7, 11) is 1.75. The highest BCUT2D eigenvalue weighted by Gasteiger charge is 2.14. The van der Waals surface area contributed by atoms with Crippen molar-refractivity contribution in [3.8, 4) is 0 Å². The van der Waals surface area contributed by atoms with E-state index < -0.39 is 0 Å². The van der Waals surface area contributed by atoms with E-state index in [1.165, 1.54) is 6.07 Å². The first-order chi connectivity index (χ1) is 10.2. The molecule has 0 saturated heterocycles. The molecule has 106 valence electrons. The van der Waals surface area contributed by atoms with Gasteiger partial charge in [-0.1, -0.05) is 12.1 Å². The summed E-state index contributed by atoms with van der Waals surface area (Å²) in [5, 5.41) is 3.26. The van der Waals surface area contributed by atoms with Crippen LogP contribution in [0.4, 0.5) is 4.39 Å². The van der Waals surface area contributed by atoms with Gasteiger partial charge in [0.2, 0.25) is 0 Å². The summed E-state index contributed by atoms with van der Waals surface area (Å²) in [5.41, 5.74) is 2.04. The molecule has 2 aromatic heterocycles. The molecule has 21 heavy (non-hydrogen) atoms. The van der Waals surface area contributed by atoms with Crippen LogP contribution in [0, 0.1) is 5.82 Å². The minimum atomic E-state index is -0.325. The predicted molar refractivity (Wildman–Crippen MR) is 78.3 cm³/mol. The molecule has 3 rings (SSSR count). The van der Waals surface area contributed by atoms with Crippen LogP contribution >= 0.6 is 0 Å². The third-order valence-corrected chi connectivity index (χ3v) is 3.44. The highest BCUT2D eigenvalue weighted by Crippen LogP contribution is 2.21. The molecule has 0 radical (unpaired) electrons. The quantitative estimate of drug-likeness (QED) is 0.803. The maximum atomic E-state index is 13.7. The molecular formula is C16H14FN3O. The number of pyridine rings is 1. The Morgan fingerprint density at radius 2 is 2.19 bits per heavy atom. The van der Waals surface area contributed by atoms with Crippen molar-refractivity contribution in [2.24, 2.45) is 7.05 Å². The Bertz CT molecular complexity index is 796. The smallest absolute Gasteiger partial charge is 0.268 e. The second-order valence-corrected chi connectivity index (χ2v) is 4.81. The summed E-state index contributed by atoms with van der Waals surface area (Å²) < 4.78 is 15.4. The number of rotatable bonds is 3. The van der Waals surface area contributed by atoms with Crippen LogP contribution in [0.2, 0.25) is 0 Å². The summed E-state index contributed by atoms with van der Waals surface area (Å²) in [5.74, 6) is -0.564. The van der Waals surface area contributed by atoms with E-state index in [1.807, 2.05) is 12.1 Å². The van der Waals surface area contributed by atoms with Gasteiger partial charge in [-0.25, -0.2) is 4.39 Å². The van der Waals surface area contributed by atoms with Gasteiger partial charge in [0.15, 0.2) is 0 Å². The average molecular weight is 283 g/mol. The molecule has 1 aromatic carbocycles. The molecule has 0 atom stereocenters. The Morgan fingerprint density at radius 3 is 2.90 bits per heavy atom. The number of fused-ring (bicyclic) bond motifs is 1. The van der Waals surface area contributed by atoms with Gasteiger partial charge in [0, 0.05) is 31.4 Å². The van der Waals surface area contributed by atoms with Crippen LogP contribution in [0.5, 0.6) is 0 Å². The van der Waals surface area contributed by atoms with E-state index in [0.29, 0.717) is 23.1 Å². The Kier molecular flexibility index (Phi) is 3.39. The largest absolute Gasteiger partial charge is 0.347 e. The molecule has 0 aliphatic carbocycles. The Morgan fingerprint density at radius 1 is 1.33 bits per heavy atom. The number of carbonyl (C=O) groups excluding carboxylic acids is 1. The van der Waals surface area contributed by atoms with Crippen LogP contribution in [0.25, 0.3) is 10.9 Å². The minimum Gasteiger partial charge on any atom is -0.347 e. The van der Waals surface area contributed by atoms with E-state index in [1.54, 1.807) is 42.2 Å². The number of aromatic nitrogens is 2. The second kappa shape index (κ2) is 5.36. The van der Waals surface area contributed by atoms with Gasteiger partial charge >= 0.3 is 0 Å². The lowest BCUT2D eigenvalue weighted by Gasteiger charge is -2.06. The Balaban J connectivity index is 1.85. The number of halogens is 1. The third kappa shape index (κ3) is 2.50. The van der Waals surface area contributed by atoms with Gasteiger partial charge in [0.05, 0.1) is 5.52 Å². The fourth-order valence-electron chi connectivity index (χ4n) is 2.32. The lowest BCUT2D eigenvalue weighted by atomic mass is 10.2. The molecule has 0 spiro atoms. The zero-order valence-corrected chi connectivity index (χ0v) is 11.5. The zero-order chi connectivity index (χ0) is 14.8. The minimum absolute atomic E-state index is 0.239. The molecule has 0 bridgehead atoms. The maximum Gasteiger partial charge on any atom is 0.268 e. The van der Waals surface area contributed by atoms with Crippen molar-refractivity contribution in [2.75, 3.05) is 0 Å². The van der Waals surface area contributed by atoms with Crippen molar-refractivity contribution >= 4 is 16.8 Å². The number of aryl methyl sites for hydroxylation is 1. The number of carbonyl (C=O) groups is 1. The standard InChI is InChI=1S/C16H14FN3O/c1-20-14-6-2-5-13(17)12(14)8-15(20)16(21)19-10-11-4-3-7-18-9-11/h2-9H,10H2,1H3,(H,19,21). The normalized spacial score (nSPS) is 10.8. The summed E-state index contributed by atoms with van der Waals surface area (Å²) >= 11 is 0. The molecular weight excluding hydrogens is 269 g/mol. The molecule has 0 aliphatic rings. The summed E-state index contributed by atoms with van der Waals surface area (Å²) in [6, 6.07) is 10.1.